The normalized spacial score (nSPS) is 23.9. The number of thiophene rings is 1. The van der Waals surface area contributed by atoms with Gasteiger partial charge in [0.1, 0.15) is 0 Å². The molecule has 2 N–H and O–H groups in total. The maximum Gasteiger partial charge on any atom is 0.241 e. The summed E-state index contributed by atoms with van der Waals surface area (Å²) in [7, 11) is -3.39. The van der Waals surface area contributed by atoms with Crippen LogP contribution in [0, 0.1) is 6.92 Å². The Morgan fingerprint density at radius 1 is 1.53 bits per heavy atom. The SMILES string of the molecule is Cc1sc(Br)cc1S(=O)(=O)NC1CCNC(C)C1.Cl. The molecule has 19 heavy (non-hydrogen) atoms. The first-order valence-corrected chi connectivity index (χ1v) is 8.99. The minimum atomic E-state index is -3.39. The van der Waals surface area contributed by atoms with Gasteiger partial charge in [0.2, 0.25) is 10.0 Å². The molecule has 2 unspecified atom stereocenters. The number of hydrogen-bond donors (Lipinski definition) is 2. The second-order valence-electron chi connectivity index (χ2n) is 4.67. The summed E-state index contributed by atoms with van der Waals surface area (Å²) in [5.41, 5.74) is 0. The molecule has 0 saturated carbocycles. The summed E-state index contributed by atoms with van der Waals surface area (Å²) in [6, 6.07) is 2.07. The Bertz CT molecular complexity index is 533. The van der Waals surface area contributed by atoms with Gasteiger partial charge in [-0.3, -0.25) is 0 Å². The molecule has 1 aromatic heterocycles. The van der Waals surface area contributed by atoms with E-state index < -0.39 is 10.0 Å². The van der Waals surface area contributed by atoms with Crippen LogP contribution in [0.4, 0.5) is 0 Å². The number of aryl methyl sites for hydroxylation is 1. The average molecular weight is 390 g/mol. The lowest BCUT2D eigenvalue weighted by Crippen LogP contribution is -2.46. The first kappa shape index (κ1) is 17.4. The smallest absolute Gasteiger partial charge is 0.241 e. The second-order valence-corrected chi connectivity index (χ2v) is 8.99. The predicted octanol–water partition coefficient (Wildman–Crippen LogP) is 2.66. The first-order valence-electron chi connectivity index (χ1n) is 5.90. The van der Waals surface area contributed by atoms with Crippen LogP contribution in [0.5, 0.6) is 0 Å². The van der Waals surface area contributed by atoms with Crippen LogP contribution < -0.4 is 10.0 Å². The van der Waals surface area contributed by atoms with Crippen molar-refractivity contribution >= 4 is 49.7 Å². The van der Waals surface area contributed by atoms with Gasteiger partial charge in [-0.1, -0.05) is 0 Å². The van der Waals surface area contributed by atoms with E-state index in [9.17, 15) is 8.42 Å². The van der Waals surface area contributed by atoms with Gasteiger partial charge in [0.25, 0.3) is 0 Å². The van der Waals surface area contributed by atoms with Crippen LogP contribution in [0.25, 0.3) is 0 Å². The van der Waals surface area contributed by atoms with E-state index in [0.29, 0.717) is 10.9 Å². The number of rotatable bonds is 3. The predicted molar refractivity (Wildman–Crippen MR) is 84.8 cm³/mol. The fraction of sp³-hybridized carbons (Fsp3) is 0.636. The lowest BCUT2D eigenvalue weighted by atomic mass is 10.0. The molecule has 1 aliphatic heterocycles. The minimum Gasteiger partial charge on any atom is -0.314 e. The summed E-state index contributed by atoms with van der Waals surface area (Å²) in [5.74, 6) is 0. The lowest BCUT2D eigenvalue weighted by Gasteiger charge is -2.28. The van der Waals surface area contributed by atoms with Crippen molar-refractivity contribution in [1.82, 2.24) is 10.0 Å². The topological polar surface area (TPSA) is 58.2 Å². The van der Waals surface area contributed by atoms with Crippen LogP contribution in [0.15, 0.2) is 14.7 Å². The van der Waals surface area contributed by atoms with E-state index in [-0.39, 0.29) is 18.4 Å². The standard InChI is InChI=1S/C11H17BrN2O2S2.ClH/c1-7-5-9(3-4-13-7)14-18(15,16)10-6-11(12)17-8(10)2;/h6-7,9,13-14H,3-5H2,1-2H3;1H. The van der Waals surface area contributed by atoms with Crippen molar-refractivity contribution in [3.63, 3.8) is 0 Å². The Morgan fingerprint density at radius 2 is 2.21 bits per heavy atom. The van der Waals surface area contributed by atoms with Crippen LogP contribution in [0.3, 0.4) is 0 Å². The zero-order chi connectivity index (χ0) is 13.3. The lowest BCUT2D eigenvalue weighted by molar-refractivity contribution is 0.361. The molecule has 0 spiro atoms. The van der Waals surface area contributed by atoms with E-state index >= 15 is 0 Å². The van der Waals surface area contributed by atoms with Crippen molar-refractivity contribution in [3.8, 4) is 0 Å². The highest BCUT2D eigenvalue weighted by molar-refractivity contribution is 9.11. The zero-order valence-electron chi connectivity index (χ0n) is 10.8. The van der Waals surface area contributed by atoms with Crippen molar-refractivity contribution in [3.05, 3.63) is 14.7 Å². The molecule has 0 aromatic carbocycles. The monoisotopic (exact) mass is 388 g/mol. The highest BCUT2D eigenvalue weighted by Gasteiger charge is 2.26. The molecule has 0 amide bonds. The number of nitrogens with one attached hydrogen (secondary N) is 2. The maximum absolute atomic E-state index is 12.3. The fourth-order valence-corrected chi connectivity index (χ4v) is 5.92. The molecule has 2 atom stereocenters. The van der Waals surface area contributed by atoms with E-state index in [1.54, 1.807) is 6.07 Å². The second kappa shape index (κ2) is 6.87. The number of halogens is 2. The molecule has 1 aromatic rings. The Morgan fingerprint density at radius 3 is 2.74 bits per heavy atom. The van der Waals surface area contributed by atoms with Gasteiger partial charge in [0.05, 0.1) is 8.68 Å². The van der Waals surface area contributed by atoms with Crippen molar-refractivity contribution < 1.29 is 8.42 Å². The Labute approximate surface area is 133 Å². The molecule has 0 bridgehead atoms. The Hall–Kier alpha value is 0.340. The van der Waals surface area contributed by atoms with Crippen LogP contribution in [-0.4, -0.2) is 27.0 Å². The summed E-state index contributed by atoms with van der Waals surface area (Å²) in [6.45, 7) is 4.77. The number of hydrogen-bond acceptors (Lipinski definition) is 4. The third-order valence-electron chi connectivity index (χ3n) is 3.08. The number of sulfonamides is 1. The molecular formula is C11H18BrClN2O2S2. The summed E-state index contributed by atoms with van der Waals surface area (Å²) in [6.07, 6.45) is 1.68. The van der Waals surface area contributed by atoms with E-state index in [1.807, 2.05) is 6.92 Å². The minimum absolute atomic E-state index is 0. The van der Waals surface area contributed by atoms with Gasteiger partial charge in [-0.05, 0) is 55.2 Å². The number of piperidine rings is 1. The highest BCUT2D eigenvalue weighted by Crippen LogP contribution is 2.30. The molecule has 0 radical (unpaired) electrons. The van der Waals surface area contributed by atoms with Crippen molar-refractivity contribution in [2.75, 3.05) is 6.54 Å². The summed E-state index contributed by atoms with van der Waals surface area (Å²) in [5, 5.41) is 3.31. The third-order valence-corrected chi connectivity index (χ3v) is 6.41. The third kappa shape index (κ3) is 4.41. The molecule has 1 saturated heterocycles. The van der Waals surface area contributed by atoms with Crippen LogP contribution >= 0.6 is 39.7 Å². The molecule has 0 aliphatic carbocycles. The Balaban J connectivity index is 0.00000180. The van der Waals surface area contributed by atoms with E-state index in [2.05, 4.69) is 32.9 Å². The van der Waals surface area contributed by atoms with Gasteiger partial charge in [-0.15, -0.1) is 23.7 Å². The van der Waals surface area contributed by atoms with E-state index in [4.69, 9.17) is 0 Å². The molecule has 1 fully saturated rings. The molecule has 2 heterocycles. The van der Waals surface area contributed by atoms with Crippen LogP contribution in [0.2, 0.25) is 0 Å². The molecular weight excluding hydrogens is 372 g/mol. The largest absolute Gasteiger partial charge is 0.314 e. The quantitative estimate of drug-likeness (QED) is 0.835. The van der Waals surface area contributed by atoms with Crippen LogP contribution in [0.1, 0.15) is 24.6 Å². The van der Waals surface area contributed by atoms with E-state index in [0.717, 1.165) is 28.0 Å². The van der Waals surface area contributed by atoms with Crippen molar-refractivity contribution in [1.29, 1.82) is 0 Å². The van der Waals surface area contributed by atoms with Gasteiger partial charge in [0, 0.05) is 17.0 Å². The first-order chi connectivity index (χ1) is 8.38. The van der Waals surface area contributed by atoms with Gasteiger partial charge >= 0.3 is 0 Å². The van der Waals surface area contributed by atoms with Crippen molar-refractivity contribution in [2.24, 2.45) is 0 Å². The molecule has 4 nitrogen and oxygen atoms in total. The molecule has 8 heteroatoms. The summed E-state index contributed by atoms with van der Waals surface area (Å²) >= 11 is 4.77. The molecule has 110 valence electrons. The van der Waals surface area contributed by atoms with Crippen molar-refractivity contribution in [2.45, 2.75) is 43.7 Å². The Kier molecular flexibility index (Phi) is 6.28. The maximum atomic E-state index is 12.3. The van der Waals surface area contributed by atoms with Gasteiger partial charge in [0.15, 0.2) is 0 Å². The molecule has 2 rings (SSSR count). The van der Waals surface area contributed by atoms with Gasteiger partial charge < -0.3 is 5.32 Å². The zero-order valence-corrected chi connectivity index (χ0v) is 14.8. The van der Waals surface area contributed by atoms with Gasteiger partial charge in [-0.25, -0.2) is 13.1 Å². The van der Waals surface area contributed by atoms with Crippen LogP contribution in [-0.2, 0) is 10.0 Å². The average Bonchev–Trinajstić information content (AvgIpc) is 2.58. The molecule has 1 aliphatic rings. The fourth-order valence-electron chi connectivity index (χ4n) is 2.22. The highest BCUT2D eigenvalue weighted by atomic mass is 79.9. The van der Waals surface area contributed by atoms with E-state index in [1.165, 1.54) is 11.3 Å². The van der Waals surface area contributed by atoms with Gasteiger partial charge in [-0.2, -0.15) is 0 Å². The summed E-state index contributed by atoms with van der Waals surface area (Å²) < 4.78 is 28.3. The summed E-state index contributed by atoms with van der Waals surface area (Å²) in [4.78, 5) is 1.21.